The summed E-state index contributed by atoms with van der Waals surface area (Å²) >= 11 is 0. The maximum Gasteiger partial charge on any atom is 0.416 e. The van der Waals surface area contributed by atoms with Crippen LogP contribution < -0.4 is 15.8 Å². The van der Waals surface area contributed by atoms with Gasteiger partial charge in [-0.1, -0.05) is 26.0 Å². The number of methoxy groups -OCH3 is 1. The highest BCUT2D eigenvalue weighted by molar-refractivity contribution is 5.85. The van der Waals surface area contributed by atoms with Crippen LogP contribution in [0, 0.1) is 5.92 Å². The molecule has 1 amide bonds. The van der Waals surface area contributed by atoms with Crippen molar-refractivity contribution in [3.05, 3.63) is 29.8 Å². The van der Waals surface area contributed by atoms with Gasteiger partial charge in [0.05, 0.1) is 13.2 Å². The van der Waals surface area contributed by atoms with Gasteiger partial charge in [0.15, 0.2) is 6.10 Å². The number of rotatable bonds is 6. The van der Waals surface area contributed by atoms with E-state index in [1.165, 1.54) is 21.0 Å². The molecule has 3 unspecified atom stereocenters. The average molecular weight is 371 g/mol. The summed E-state index contributed by atoms with van der Waals surface area (Å²) in [6.07, 6.45) is -7.48. The number of alkyl halides is 3. The highest BCUT2D eigenvalue weighted by atomic mass is 35.5. The van der Waals surface area contributed by atoms with Crippen LogP contribution in [-0.4, -0.2) is 36.4 Å². The molecule has 0 fully saturated rings. The van der Waals surface area contributed by atoms with Crippen LogP contribution in [0.5, 0.6) is 5.75 Å². The number of halogens is 4. The molecule has 0 spiro atoms. The first-order valence-corrected chi connectivity index (χ1v) is 7.02. The predicted molar refractivity (Wildman–Crippen MR) is 86.0 cm³/mol. The number of ether oxygens (including phenoxy) is 1. The molecule has 0 aliphatic carbocycles. The number of nitrogens with one attached hydrogen (secondary N) is 1. The van der Waals surface area contributed by atoms with Crippen LogP contribution >= 0.6 is 12.4 Å². The van der Waals surface area contributed by atoms with Crippen molar-refractivity contribution in [1.82, 2.24) is 5.32 Å². The quantitative estimate of drug-likeness (QED) is 0.716. The van der Waals surface area contributed by atoms with Gasteiger partial charge in [0, 0.05) is 0 Å². The average Bonchev–Trinajstić information content (AvgIpc) is 2.49. The fourth-order valence-corrected chi connectivity index (χ4v) is 2.03. The minimum atomic E-state index is -4.83. The lowest BCUT2D eigenvalue weighted by Crippen LogP contribution is -2.54. The highest BCUT2D eigenvalue weighted by Gasteiger charge is 2.45. The standard InChI is InChI=1S/C15H21F3N2O3.ClH/c1-8(2)12(13(21)15(16,17)18)20-14(22)11(19)9-4-6-10(23-3)7-5-9;/h4-8,11-13,21H,19H2,1-3H3,(H,20,22);1H. The number of amides is 1. The predicted octanol–water partition coefficient (Wildman–Crippen LogP) is 2.18. The van der Waals surface area contributed by atoms with Crippen molar-refractivity contribution < 1.29 is 27.8 Å². The third-order valence-corrected chi connectivity index (χ3v) is 3.46. The van der Waals surface area contributed by atoms with E-state index in [9.17, 15) is 23.1 Å². The molecule has 0 bridgehead atoms. The second kappa shape index (κ2) is 9.10. The fourth-order valence-electron chi connectivity index (χ4n) is 2.03. The molecule has 138 valence electrons. The maximum absolute atomic E-state index is 12.7. The lowest BCUT2D eigenvalue weighted by atomic mass is 9.97. The molecule has 1 aromatic carbocycles. The second-order valence-corrected chi connectivity index (χ2v) is 5.52. The smallest absolute Gasteiger partial charge is 0.416 e. The first kappa shape index (κ1) is 22.5. The first-order chi connectivity index (χ1) is 10.6. The number of carbonyl (C=O) groups is 1. The van der Waals surface area contributed by atoms with Gasteiger partial charge in [-0.15, -0.1) is 12.4 Å². The van der Waals surface area contributed by atoms with Crippen LogP contribution in [0.3, 0.4) is 0 Å². The Morgan fingerprint density at radius 1 is 1.25 bits per heavy atom. The zero-order valence-corrected chi connectivity index (χ0v) is 14.3. The topological polar surface area (TPSA) is 84.6 Å². The molecule has 1 rings (SSSR count). The van der Waals surface area contributed by atoms with Gasteiger partial charge in [-0.2, -0.15) is 13.2 Å². The van der Waals surface area contributed by atoms with Crippen molar-refractivity contribution in [2.24, 2.45) is 11.7 Å². The normalized spacial score (nSPS) is 15.2. The second-order valence-electron chi connectivity index (χ2n) is 5.52. The van der Waals surface area contributed by atoms with E-state index in [1.54, 1.807) is 24.3 Å². The van der Waals surface area contributed by atoms with E-state index >= 15 is 0 Å². The lowest BCUT2D eigenvalue weighted by Gasteiger charge is -2.29. The van der Waals surface area contributed by atoms with Gasteiger partial charge in [0.2, 0.25) is 5.91 Å². The fraction of sp³-hybridized carbons (Fsp3) is 0.533. The van der Waals surface area contributed by atoms with E-state index in [2.05, 4.69) is 5.32 Å². The largest absolute Gasteiger partial charge is 0.497 e. The molecule has 0 aromatic heterocycles. The van der Waals surface area contributed by atoms with Gasteiger partial charge >= 0.3 is 6.18 Å². The summed E-state index contributed by atoms with van der Waals surface area (Å²) in [5.41, 5.74) is 6.20. The summed E-state index contributed by atoms with van der Waals surface area (Å²) < 4.78 is 43.0. The van der Waals surface area contributed by atoms with Crippen LogP contribution in [-0.2, 0) is 4.79 Å². The molecule has 1 aromatic rings. The number of aliphatic hydroxyl groups excluding tert-OH is 1. The van der Waals surface area contributed by atoms with Crippen LogP contribution in [0.2, 0.25) is 0 Å². The molecule has 0 saturated carbocycles. The zero-order chi connectivity index (χ0) is 17.8. The lowest BCUT2D eigenvalue weighted by molar-refractivity contribution is -0.215. The van der Waals surface area contributed by atoms with Crippen LogP contribution in [0.4, 0.5) is 13.2 Å². The molecule has 0 aliphatic heterocycles. The maximum atomic E-state index is 12.7. The number of aliphatic hydroxyl groups is 1. The van der Waals surface area contributed by atoms with E-state index in [4.69, 9.17) is 10.5 Å². The van der Waals surface area contributed by atoms with Gasteiger partial charge in [-0.3, -0.25) is 4.79 Å². The molecule has 24 heavy (non-hydrogen) atoms. The number of benzene rings is 1. The molecule has 0 saturated heterocycles. The van der Waals surface area contributed by atoms with Gasteiger partial charge in [0.25, 0.3) is 0 Å². The SMILES string of the molecule is COc1ccc(C(N)C(=O)NC(C(C)C)C(O)C(F)(F)F)cc1.Cl. The number of hydrogen-bond acceptors (Lipinski definition) is 4. The Kier molecular flexibility index (Phi) is 8.53. The molecule has 4 N–H and O–H groups in total. The van der Waals surface area contributed by atoms with Crippen molar-refractivity contribution in [1.29, 1.82) is 0 Å². The van der Waals surface area contributed by atoms with Crippen molar-refractivity contribution >= 4 is 18.3 Å². The van der Waals surface area contributed by atoms with Gasteiger partial charge in [0.1, 0.15) is 11.8 Å². The summed E-state index contributed by atoms with van der Waals surface area (Å²) in [5, 5.41) is 11.6. The summed E-state index contributed by atoms with van der Waals surface area (Å²) in [5.74, 6) is -0.857. The van der Waals surface area contributed by atoms with Crippen LogP contribution in [0.1, 0.15) is 25.5 Å². The molecule has 0 radical (unpaired) electrons. The van der Waals surface area contributed by atoms with Crippen LogP contribution in [0.15, 0.2) is 24.3 Å². The summed E-state index contributed by atoms with van der Waals surface area (Å²) in [4.78, 5) is 12.1. The Morgan fingerprint density at radius 2 is 1.75 bits per heavy atom. The summed E-state index contributed by atoms with van der Waals surface area (Å²) in [6.45, 7) is 2.94. The molecular formula is C15H22ClF3N2O3. The van der Waals surface area contributed by atoms with Crippen molar-refractivity contribution in [3.63, 3.8) is 0 Å². The van der Waals surface area contributed by atoms with E-state index in [0.717, 1.165) is 0 Å². The minimum Gasteiger partial charge on any atom is -0.497 e. The first-order valence-electron chi connectivity index (χ1n) is 7.02. The van der Waals surface area contributed by atoms with Crippen molar-refractivity contribution in [3.8, 4) is 5.75 Å². The van der Waals surface area contributed by atoms with Gasteiger partial charge in [-0.05, 0) is 23.6 Å². The van der Waals surface area contributed by atoms with E-state index in [-0.39, 0.29) is 12.4 Å². The number of carbonyl (C=O) groups excluding carboxylic acids is 1. The van der Waals surface area contributed by atoms with E-state index in [0.29, 0.717) is 11.3 Å². The summed E-state index contributed by atoms with van der Waals surface area (Å²) in [7, 11) is 1.48. The Labute approximate surface area is 144 Å². The monoisotopic (exact) mass is 370 g/mol. The summed E-state index contributed by atoms with van der Waals surface area (Å²) in [6, 6.07) is 3.65. The number of nitrogens with two attached hydrogens (primary N) is 1. The molecule has 0 aliphatic rings. The molecule has 9 heteroatoms. The Bertz CT molecular complexity index is 524. The third-order valence-electron chi connectivity index (χ3n) is 3.46. The Balaban J connectivity index is 0.00000529. The van der Waals surface area contributed by atoms with Crippen molar-refractivity contribution in [2.45, 2.75) is 38.2 Å². The van der Waals surface area contributed by atoms with Gasteiger partial charge in [-0.25, -0.2) is 0 Å². The minimum absolute atomic E-state index is 0. The molecule has 5 nitrogen and oxygen atoms in total. The van der Waals surface area contributed by atoms with Crippen molar-refractivity contribution in [2.75, 3.05) is 7.11 Å². The van der Waals surface area contributed by atoms with E-state index < -0.39 is 36.2 Å². The molecule has 0 heterocycles. The highest BCUT2D eigenvalue weighted by Crippen LogP contribution is 2.26. The molecule has 3 atom stereocenters. The Morgan fingerprint density at radius 3 is 2.12 bits per heavy atom. The molecular weight excluding hydrogens is 349 g/mol. The number of hydrogen-bond donors (Lipinski definition) is 3. The van der Waals surface area contributed by atoms with Gasteiger partial charge < -0.3 is 20.9 Å². The van der Waals surface area contributed by atoms with E-state index in [1.807, 2.05) is 0 Å². The Hall–Kier alpha value is -1.51. The van der Waals surface area contributed by atoms with Crippen LogP contribution in [0.25, 0.3) is 0 Å². The third kappa shape index (κ3) is 5.85. The zero-order valence-electron chi connectivity index (χ0n) is 13.5.